The first-order valence-electron chi connectivity index (χ1n) is 10.6. The van der Waals surface area contributed by atoms with Crippen LogP contribution in [-0.4, -0.2) is 28.6 Å². The van der Waals surface area contributed by atoms with Gasteiger partial charge in [0.15, 0.2) is 0 Å². The molecule has 1 amide bonds. The van der Waals surface area contributed by atoms with E-state index in [1.54, 1.807) is 6.20 Å². The van der Waals surface area contributed by atoms with Crippen molar-refractivity contribution in [1.29, 1.82) is 0 Å². The number of hydrogen-bond donors (Lipinski definition) is 1. The number of pyridine rings is 1. The fourth-order valence-electron chi connectivity index (χ4n) is 4.10. The first-order valence-corrected chi connectivity index (χ1v) is 11.8. The third kappa shape index (κ3) is 5.07. The van der Waals surface area contributed by atoms with E-state index < -0.39 is 0 Å². The van der Waals surface area contributed by atoms with Gasteiger partial charge in [0.2, 0.25) is 5.91 Å². The highest BCUT2D eigenvalue weighted by Crippen LogP contribution is 2.42. The molecule has 0 radical (unpaired) electrons. The summed E-state index contributed by atoms with van der Waals surface area (Å²) in [6, 6.07) is 15.9. The Labute approximate surface area is 202 Å². The van der Waals surface area contributed by atoms with Gasteiger partial charge in [0.25, 0.3) is 0 Å². The molecule has 3 aromatic rings. The first kappa shape index (κ1) is 23.0. The molecular formula is C26H25ClN4OS. The van der Waals surface area contributed by atoms with Gasteiger partial charge in [0.05, 0.1) is 23.1 Å². The number of aliphatic imine (C=N–C) groups is 1. The molecule has 1 aliphatic heterocycles. The van der Waals surface area contributed by atoms with Gasteiger partial charge >= 0.3 is 0 Å². The number of nitrogens with two attached hydrogens (primary N) is 1. The molecule has 0 unspecified atom stereocenters. The van der Waals surface area contributed by atoms with Gasteiger partial charge in [-0.1, -0.05) is 48.5 Å². The molecule has 1 atom stereocenters. The Morgan fingerprint density at radius 1 is 1.30 bits per heavy atom. The molecule has 0 saturated carbocycles. The summed E-state index contributed by atoms with van der Waals surface area (Å²) in [4.78, 5) is 24.3. The van der Waals surface area contributed by atoms with Gasteiger partial charge in [0.1, 0.15) is 0 Å². The Balaban J connectivity index is 1.73. The van der Waals surface area contributed by atoms with E-state index in [2.05, 4.69) is 28.7 Å². The number of rotatable bonds is 6. The highest BCUT2D eigenvalue weighted by atomic mass is 35.5. The van der Waals surface area contributed by atoms with Crippen molar-refractivity contribution in [1.82, 2.24) is 9.88 Å². The number of benzene rings is 1. The van der Waals surface area contributed by atoms with Crippen LogP contribution in [0.15, 0.2) is 78.1 Å². The lowest BCUT2D eigenvalue weighted by Crippen LogP contribution is -2.37. The highest BCUT2D eigenvalue weighted by molar-refractivity contribution is 7.16. The van der Waals surface area contributed by atoms with Crippen molar-refractivity contribution in [3.8, 4) is 0 Å². The highest BCUT2D eigenvalue weighted by Gasteiger charge is 2.31. The molecule has 0 spiro atoms. The molecule has 168 valence electrons. The van der Waals surface area contributed by atoms with Gasteiger partial charge in [0, 0.05) is 41.0 Å². The molecule has 0 fully saturated rings. The number of carbonyl (C=O) groups excluding carboxylic acids is 1. The minimum Gasteiger partial charge on any atom is -0.402 e. The molecule has 33 heavy (non-hydrogen) atoms. The summed E-state index contributed by atoms with van der Waals surface area (Å²) in [5.74, 6) is -0.119. The lowest BCUT2D eigenvalue weighted by Gasteiger charge is -2.33. The molecule has 0 aliphatic carbocycles. The predicted octanol–water partition coefficient (Wildman–Crippen LogP) is 5.42. The summed E-state index contributed by atoms with van der Waals surface area (Å²) < 4.78 is 0.720. The van der Waals surface area contributed by atoms with E-state index >= 15 is 0 Å². The number of allylic oxidation sites excluding steroid dienone is 2. The third-order valence-electron chi connectivity index (χ3n) is 5.66. The average Bonchev–Trinajstić information content (AvgIpc) is 3.21. The van der Waals surface area contributed by atoms with Crippen LogP contribution in [0.25, 0.3) is 5.57 Å². The van der Waals surface area contributed by atoms with Gasteiger partial charge in [-0.3, -0.25) is 14.8 Å². The quantitative estimate of drug-likeness (QED) is 0.381. The maximum atomic E-state index is 12.5. The molecule has 0 saturated heterocycles. The van der Waals surface area contributed by atoms with Crippen LogP contribution >= 0.6 is 22.9 Å². The zero-order valence-corrected chi connectivity index (χ0v) is 19.9. The summed E-state index contributed by atoms with van der Waals surface area (Å²) in [5, 5.41) is 0. The Hall–Kier alpha value is -3.22. The van der Waals surface area contributed by atoms with Crippen molar-refractivity contribution in [3.05, 3.63) is 105 Å². The molecule has 1 aromatic carbocycles. The van der Waals surface area contributed by atoms with Crippen molar-refractivity contribution < 1.29 is 4.79 Å². The van der Waals surface area contributed by atoms with E-state index in [0.29, 0.717) is 25.3 Å². The summed E-state index contributed by atoms with van der Waals surface area (Å²) in [6.07, 6.45) is 4.94. The van der Waals surface area contributed by atoms with Crippen molar-refractivity contribution in [2.45, 2.75) is 25.9 Å². The van der Waals surface area contributed by atoms with E-state index in [4.69, 9.17) is 17.3 Å². The van der Waals surface area contributed by atoms with E-state index in [-0.39, 0.29) is 11.8 Å². The molecule has 0 bridgehead atoms. The van der Waals surface area contributed by atoms with Gasteiger partial charge in [-0.25, -0.2) is 0 Å². The third-order valence-corrected chi connectivity index (χ3v) is 6.93. The van der Waals surface area contributed by atoms with E-state index in [0.717, 1.165) is 37.2 Å². The molecule has 3 heterocycles. The van der Waals surface area contributed by atoms with Crippen molar-refractivity contribution in [2.24, 2.45) is 10.7 Å². The largest absolute Gasteiger partial charge is 0.402 e. The van der Waals surface area contributed by atoms with E-state index in [1.807, 2.05) is 54.4 Å². The maximum Gasteiger partial charge on any atom is 0.246 e. The standard InChI is InChI=1S/C26H25ClN4OS/c1-3-26(32)31-15-23(21-12-25(27)33-24(21)16-31)20-10-5-4-9-19(20)22(17(2)28)14-29-13-18-8-6-7-11-30-18/h3-12,14,23H,1,13,15-16,28H2,2H3/t23-/m1/s1. The monoisotopic (exact) mass is 476 g/mol. The van der Waals surface area contributed by atoms with E-state index in [9.17, 15) is 4.79 Å². The second-order valence-electron chi connectivity index (χ2n) is 7.88. The number of thiophene rings is 1. The molecular weight excluding hydrogens is 452 g/mol. The smallest absolute Gasteiger partial charge is 0.246 e. The topological polar surface area (TPSA) is 71.6 Å². The van der Waals surface area contributed by atoms with Crippen LogP contribution in [0.3, 0.4) is 0 Å². The fourth-order valence-corrected chi connectivity index (χ4v) is 5.46. The zero-order chi connectivity index (χ0) is 23.4. The van der Waals surface area contributed by atoms with Crippen LogP contribution in [0.1, 0.15) is 40.1 Å². The number of nitrogens with zero attached hydrogens (tertiary/aromatic N) is 3. The number of fused-ring (bicyclic) bond motifs is 1. The molecule has 7 heteroatoms. The minimum atomic E-state index is -0.0876. The second-order valence-corrected chi connectivity index (χ2v) is 9.65. The molecule has 1 aliphatic rings. The summed E-state index contributed by atoms with van der Waals surface area (Å²) >= 11 is 7.90. The van der Waals surface area contributed by atoms with Gasteiger partial charge in [-0.05, 0) is 47.9 Å². The van der Waals surface area contributed by atoms with Crippen LogP contribution in [0.2, 0.25) is 4.34 Å². The predicted molar refractivity (Wildman–Crippen MR) is 136 cm³/mol. The Bertz CT molecular complexity index is 1230. The Morgan fingerprint density at radius 3 is 2.82 bits per heavy atom. The normalized spacial score (nSPS) is 16.4. The zero-order valence-electron chi connectivity index (χ0n) is 18.4. The average molecular weight is 477 g/mol. The van der Waals surface area contributed by atoms with Crippen molar-refractivity contribution in [2.75, 3.05) is 6.54 Å². The molecule has 2 N–H and O–H groups in total. The lowest BCUT2D eigenvalue weighted by molar-refractivity contribution is -0.127. The van der Waals surface area contributed by atoms with Crippen LogP contribution in [0.4, 0.5) is 0 Å². The lowest BCUT2D eigenvalue weighted by atomic mass is 9.83. The van der Waals surface area contributed by atoms with Crippen LogP contribution < -0.4 is 5.73 Å². The number of carbonyl (C=O) groups is 1. The van der Waals surface area contributed by atoms with Crippen LogP contribution in [-0.2, 0) is 17.9 Å². The van der Waals surface area contributed by atoms with Crippen LogP contribution in [0.5, 0.6) is 0 Å². The summed E-state index contributed by atoms with van der Waals surface area (Å²) in [7, 11) is 0. The maximum absolute atomic E-state index is 12.5. The number of hydrogen-bond acceptors (Lipinski definition) is 5. The van der Waals surface area contributed by atoms with Gasteiger partial charge in [-0.2, -0.15) is 0 Å². The SMILES string of the molecule is C=CC(=O)N1Cc2sc(Cl)cc2[C@@H](c2ccccc2C(C=NCc2ccccn2)=C(C)N)C1. The Morgan fingerprint density at radius 2 is 2.09 bits per heavy atom. The molecule has 5 nitrogen and oxygen atoms in total. The van der Waals surface area contributed by atoms with Crippen molar-refractivity contribution >= 4 is 40.6 Å². The molecule has 4 rings (SSSR count). The van der Waals surface area contributed by atoms with E-state index in [1.165, 1.54) is 17.4 Å². The second kappa shape index (κ2) is 10.1. The summed E-state index contributed by atoms with van der Waals surface area (Å²) in [5.41, 5.74) is 12.0. The van der Waals surface area contributed by atoms with Gasteiger partial charge in [-0.15, -0.1) is 11.3 Å². The first-order chi connectivity index (χ1) is 16.0. The number of halogens is 1. The minimum absolute atomic E-state index is 0.0314. The number of amides is 1. The van der Waals surface area contributed by atoms with Crippen molar-refractivity contribution in [3.63, 3.8) is 0 Å². The fraction of sp³-hybridized carbons (Fsp3) is 0.192. The Kier molecular flexibility index (Phi) is 7.06. The summed E-state index contributed by atoms with van der Waals surface area (Å²) in [6.45, 7) is 7.09. The van der Waals surface area contributed by atoms with Crippen LogP contribution in [0, 0.1) is 0 Å². The molecule has 2 aromatic heterocycles. The number of aromatic nitrogens is 1. The van der Waals surface area contributed by atoms with Gasteiger partial charge < -0.3 is 10.6 Å².